The summed E-state index contributed by atoms with van der Waals surface area (Å²) in [6.45, 7) is 5.45. The summed E-state index contributed by atoms with van der Waals surface area (Å²) in [5.41, 5.74) is 0.999. The second-order valence-corrected chi connectivity index (χ2v) is 4.46. The predicted molar refractivity (Wildman–Crippen MR) is 70.1 cm³/mol. The first-order valence-electron chi connectivity index (χ1n) is 6.39. The Balaban J connectivity index is 2.00. The van der Waals surface area contributed by atoms with Crippen LogP contribution in [0.2, 0.25) is 0 Å². The van der Waals surface area contributed by atoms with E-state index in [0.29, 0.717) is 6.54 Å². The molecule has 2 rings (SSSR count). The molecule has 0 saturated carbocycles. The van der Waals surface area contributed by atoms with Crippen molar-refractivity contribution in [2.24, 2.45) is 0 Å². The fourth-order valence-electron chi connectivity index (χ4n) is 2.33. The molecule has 1 aliphatic heterocycles. The van der Waals surface area contributed by atoms with E-state index in [-0.39, 0.29) is 5.91 Å². The molecule has 3 nitrogen and oxygen atoms in total. The van der Waals surface area contributed by atoms with Gasteiger partial charge in [-0.05, 0) is 45.0 Å². The minimum atomic E-state index is 0.209. The van der Waals surface area contributed by atoms with Gasteiger partial charge in [0.1, 0.15) is 0 Å². The minimum absolute atomic E-state index is 0.209. The van der Waals surface area contributed by atoms with Gasteiger partial charge in [0.15, 0.2) is 0 Å². The number of hydrogen-bond donors (Lipinski definition) is 0. The van der Waals surface area contributed by atoms with E-state index in [2.05, 4.69) is 4.90 Å². The van der Waals surface area contributed by atoms with E-state index in [4.69, 9.17) is 0 Å². The second kappa shape index (κ2) is 5.82. The van der Waals surface area contributed by atoms with E-state index in [1.54, 1.807) is 0 Å². The summed E-state index contributed by atoms with van der Waals surface area (Å²) in [7, 11) is 0. The van der Waals surface area contributed by atoms with Gasteiger partial charge in [0, 0.05) is 12.2 Å². The van der Waals surface area contributed by atoms with E-state index in [0.717, 1.165) is 25.3 Å². The number of carbonyl (C=O) groups excluding carboxylic acids is 1. The number of amides is 1. The molecule has 0 spiro atoms. The lowest BCUT2D eigenvalue weighted by atomic mass is 10.3. The molecule has 0 aliphatic carbocycles. The number of nitrogens with zero attached hydrogens (tertiary/aromatic N) is 2. The van der Waals surface area contributed by atoms with Crippen LogP contribution in [0.5, 0.6) is 0 Å². The van der Waals surface area contributed by atoms with Crippen molar-refractivity contribution < 1.29 is 4.79 Å². The van der Waals surface area contributed by atoms with Gasteiger partial charge in [0.25, 0.3) is 0 Å². The van der Waals surface area contributed by atoms with Gasteiger partial charge in [-0.15, -0.1) is 0 Å². The van der Waals surface area contributed by atoms with Gasteiger partial charge in [0.2, 0.25) is 5.91 Å². The number of benzene rings is 1. The lowest BCUT2D eigenvalue weighted by molar-refractivity contribution is -0.119. The zero-order valence-corrected chi connectivity index (χ0v) is 10.4. The fraction of sp³-hybridized carbons (Fsp3) is 0.500. The smallest absolute Gasteiger partial charge is 0.241 e. The summed E-state index contributed by atoms with van der Waals surface area (Å²) in [4.78, 5) is 16.3. The van der Waals surface area contributed by atoms with Gasteiger partial charge in [-0.25, -0.2) is 0 Å². The third kappa shape index (κ3) is 3.07. The maximum atomic E-state index is 12.2. The van der Waals surface area contributed by atoms with Crippen molar-refractivity contribution in [2.45, 2.75) is 19.8 Å². The SMILES string of the molecule is CCN(C(=O)CN1CCCC1)c1ccccc1. The Bertz CT molecular complexity index is 358. The summed E-state index contributed by atoms with van der Waals surface area (Å²) in [5.74, 6) is 0.209. The largest absolute Gasteiger partial charge is 0.312 e. The molecule has 0 atom stereocenters. The van der Waals surface area contributed by atoms with E-state index >= 15 is 0 Å². The van der Waals surface area contributed by atoms with Crippen LogP contribution in [0.25, 0.3) is 0 Å². The first kappa shape index (κ1) is 12.1. The summed E-state index contributed by atoms with van der Waals surface area (Å²) >= 11 is 0. The van der Waals surface area contributed by atoms with Crippen LogP contribution in [-0.2, 0) is 4.79 Å². The van der Waals surface area contributed by atoms with Crippen LogP contribution in [0.3, 0.4) is 0 Å². The van der Waals surface area contributed by atoms with Gasteiger partial charge in [-0.3, -0.25) is 9.69 Å². The van der Waals surface area contributed by atoms with Crippen molar-refractivity contribution in [1.29, 1.82) is 0 Å². The molecule has 1 heterocycles. The molecule has 1 fully saturated rings. The van der Waals surface area contributed by atoms with Crippen LogP contribution in [0.15, 0.2) is 30.3 Å². The van der Waals surface area contributed by atoms with Crippen molar-refractivity contribution in [3.8, 4) is 0 Å². The maximum absolute atomic E-state index is 12.2. The molecule has 1 amide bonds. The molecule has 1 aliphatic rings. The molecule has 17 heavy (non-hydrogen) atoms. The Kier molecular flexibility index (Phi) is 4.15. The van der Waals surface area contributed by atoms with E-state index < -0.39 is 0 Å². The van der Waals surface area contributed by atoms with E-state index in [9.17, 15) is 4.79 Å². The van der Waals surface area contributed by atoms with Crippen LogP contribution >= 0.6 is 0 Å². The van der Waals surface area contributed by atoms with Crippen molar-refractivity contribution in [2.75, 3.05) is 31.1 Å². The molecular weight excluding hydrogens is 212 g/mol. The van der Waals surface area contributed by atoms with Gasteiger partial charge in [0.05, 0.1) is 6.54 Å². The number of likely N-dealkylation sites (N-methyl/N-ethyl adjacent to an activating group) is 1. The van der Waals surface area contributed by atoms with Crippen LogP contribution in [0.1, 0.15) is 19.8 Å². The third-order valence-corrected chi connectivity index (χ3v) is 3.24. The van der Waals surface area contributed by atoms with Crippen molar-refractivity contribution in [1.82, 2.24) is 4.90 Å². The lowest BCUT2D eigenvalue weighted by Crippen LogP contribution is -2.39. The molecule has 92 valence electrons. The van der Waals surface area contributed by atoms with Crippen LogP contribution in [0, 0.1) is 0 Å². The van der Waals surface area contributed by atoms with Crippen LogP contribution in [-0.4, -0.2) is 37.0 Å². The minimum Gasteiger partial charge on any atom is -0.312 e. The first-order chi connectivity index (χ1) is 8.31. The standard InChI is InChI=1S/C14H20N2O/c1-2-16(13-8-4-3-5-9-13)14(17)12-15-10-6-7-11-15/h3-5,8-9H,2,6-7,10-12H2,1H3. The molecule has 0 aromatic heterocycles. The van der Waals surface area contributed by atoms with Crippen LogP contribution < -0.4 is 4.90 Å². The topological polar surface area (TPSA) is 23.6 Å². The molecular formula is C14H20N2O. The van der Waals surface area contributed by atoms with Crippen LogP contribution in [0.4, 0.5) is 5.69 Å². The number of rotatable bonds is 4. The summed E-state index contributed by atoms with van der Waals surface area (Å²) in [5, 5.41) is 0. The number of anilines is 1. The zero-order valence-electron chi connectivity index (χ0n) is 10.4. The number of likely N-dealkylation sites (tertiary alicyclic amines) is 1. The molecule has 0 bridgehead atoms. The highest BCUT2D eigenvalue weighted by molar-refractivity contribution is 5.94. The highest BCUT2D eigenvalue weighted by atomic mass is 16.2. The number of para-hydroxylation sites is 1. The molecule has 0 unspecified atom stereocenters. The van der Waals surface area contributed by atoms with Crippen molar-refractivity contribution in [3.05, 3.63) is 30.3 Å². The quantitative estimate of drug-likeness (QED) is 0.794. The van der Waals surface area contributed by atoms with Gasteiger partial charge >= 0.3 is 0 Å². The Labute approximate surface area is 103 Å². The van der Waals surface area contributed by atoms with Gasteiger partial charge in [-0.2, -0.15) is 0 Å². The normalized spacial score (nSPS) is 16.1. The summed E-state index contributed by atoms with van der Waals surface area (Å²) in [6, 6.07) is 9.90. The highest BCUT2D eigenvalue weighted by Crippen LogP contribution is 2.14. The Morgan fingerprint density at radius 1 is 1.24 bits per heavy atom. The molecule has 0 N–H and O–H groups in total. The average molecular weight is 232 g/mol. The number of carbonyl (C=O) groups is 1. The van der Waals surface area contributed by atoms with Crippen molar-refractivity contribution in [3.63, 3.8) is 0 Å². The zero-order chi connectivity index (χ0) is 12.1. The molecule has 1 aromatic rings. The molecule has 1 aromatic carbocycles. The average Bonchev–Trinajstić information content (AvgIpc) is 2.84. The van der Waals surface area contributed by atoms with Gasteiger partial charge < -0.3 is 4.90 Å². The molecule has 1 saturated heterocycles. The summed E-state index contributed by atoms with van der Waals surface area (Å²) in [6.07, 6.45) is 2.45. The fourth-order valence-corrected chi connectivity index (χ4v) is 2.33. The summed E-state index contributed by atoms with van der Waals surface area (Å²) < 4.78 is 0. The second-order valence-electron chi connectivity index (χ2n) is 4.46. The number of hydrogen-bond acceptors (Lipinski definition) is 2. The van der Waals surface area contributed by atoms with Crippen molar-refractivity contribution >= 4 is 11.6 Å². The molecule has 0 radical (unpaired) electrons. The predicted octanol–water partition coefficient (Wildman–Crippen LogP) is 2.14. The Morgan fingerprint density at radius 3 is 2.47 bits per heavy atom. The Hall–Kier alpha value is -1.35. The van der Waals surface area contributed by atoms with Gasteiger partial charge in [-0.1, -0.05) is 18.2 Å². The maximum Gasteiger partial charge on any atom is 0.241 e. The van der Waals surface area contributed by atoms with E-state index in [1.165, 1.54) is 12.8 Å². The highest BCUT2D eigenvalue weighted by Gasteiger charge is 2.19. The Morgan fingerprint density at radius 2 is 1.88 bits per heavy atom. The third-order valence-electron chi connectivity index (χ3n) is 3.24. The lowest BCUT2D eigenvalue weighted by Gasteiger charge is -2.24. The monoisotopic (exact) mass is 232 g/mol. The molecule has 3 heteroatoms. The first-order valence-corrected chi connectivity index (χ1v) is 6.39. The van der Waals surface area contributed by atoms with E-state index in [1.807, 2.05) is 42.2 Å².